The molecule has 21 heavy (non-hydrogen) atoms. The van der Waals surface area contributed by atoms with Gasteiger partial charge in [-0.05, 0) is 36.6 Å². The molecule has 0 saturated carbocycles. The maximum absolute atomic E-state index is 12.9. The molecular weight excluding hydrogens is 271 g/mol. The van der Waals surface area contributed by atoms with E-state index in [1.165, 1.54) is 16.6 Å². The highest BCUT2D eigenvalue weighted by molar-refractivity contribution is 5.49. The van der Waals surface area contributed by atoms with Crippen LogP contribution in [-0.4, -0.2) is 19.6 Å². The smallest absolute Gasteiger partial charge is 0.276 e. The highest BCUT2D eigenvalue weighted by Gasteiger charge is 2.10. The van der Waals surface area contributed by atoms with Crippen molar-refractivity contribution < 1.29 is 4.39 Å². The minimum atomic E-state index is -0.311. The van der Waals surface area contributed by atoms with Gasteiger partial charge in [0.1, 0.15) is 11.2 Å². The first-order valence-electron chi connectivity index (χ1n) is 6.66. The fourth-order valence-electron chi connectivity index (χ4n) is 2.49. The summed E-state index contributed by atoms with van der Waals surface area (Å²) >= 11 is 0. The quantitative estimate of drug-likeness (QED) is 0.689. The molecule has 0 spiro atoms. The first-order chi connectivity index (χ1) is 10.2. The second kappa shape index (κ2) is 4.37. The molecule has 5 nitrogen and oxygen atoms in total. The van der Waals surface area contributed by atoms with Gasteiger partial charge in [0.25, 0.3) is 5.56 Å². The standard InChI is InChI=1S/C15H11FN4O/c16-10-6-4-9(5-7-10)8-13-14(21)18-15-17-11-2-1-3-12(11)19-20(13)15/h2,4-8H,1,3H2,(H,17,18,21)/b13-8-. The largest absolute Gasteiger partial charge is 0.289 e. The molecule has 0 unspecified atom stereocenters. The molecule has 1 aliphatic carbocycles. The van der Waals surface area contributed by atoms with E-state index >= 15 is 0 Å². The minimum Gasteiger partial charge on any atom is -0.289 e. The third-order valence-electron chi connectivity index (χ3n) is 3.52. The lowest BCUT2D eigenvalue weighted by molar-refractivity contribution is 0.627. The van der Waals surface area contributed by atoms with E-state index in [1.807, 2.05) is 6.08 Å². The van der Waals surface area contributed by atoms with E-state index < -0.39 is 0 Å². The predicted octanol–water partition coefficient (Wildman–Crippen LogP) is 0.112. The monoisotopic (exact) mass is 282 g/mol. The molecule has 4 rings (SSSR count). The number of H-pyrrole nitrogens is 1. The number of rotatable bonds is 1. The van der Waals surface area contributed by atoms with Crippen molar-refractivity contribution in [2.45, 2.75) is 12.8 Å². The Labute approximate surface area is 118 Å². The van der Waals surface area contributed by atoms with Gasteiger partial charge in [-0.3, -0.25) is 9.78 Å². The third kappa shape index (κ3) is 1.96. The van der Waals surface area contributed by atoms with Crippen molar-refractivity contribution in [3.8, 4) is 0 Å². The summed E-state index contributed by atoms with van der Waals surface area (Å²) in [4.78, 5) is 19.2. The molecule has 0 aliphatic heterocycles. The fraction of sp³-hybridized carbons (Fsp3) is 0.133. The Hall–Kier alpha value is -2.76. The normalized spacial score (nSPS) is 14.4. The number of aromatic nitrogens is 4. The lowest BCUT2D eigenvalue weighted by Gasteiger charge is -1.96. The van der Waals surface area contributed by atoms with Gasteiger partial charge in [-0.15, -0.1) is 0 Å². The molecular formula is C15H11FN4O. The van der Waals surface area contributed by atoms with Crippen molar-refractivity contribution in [3.63, 3.8) is 0 Å². The van der Waals surface area contributed by atoms with Crippen molar-refractivity contribution in [3.05, 3.63) is 62.4 Å². The van der Waals surface area contributed by atoms with Crippen LogP contribution in [0.1, 0.15) is 17.7 Å². The molecule has 0 bridgehead atoms. The van der Waals surface area contributed by atoms with Crippen LogP contribution in [0.5, 0.6) is 0 Å². The molecule has 0 saturated heterocycles. The van der Waals surface area contributed by atoms with Crippen LogP contribution >= 0.6 is 0 Å². The summed E-state index contributed by atoms with van der Waals surface area (Å²) in [5.41, 5.74) is 1.36. The Balaban J connectivity index is 2.01. The van der Waals surface area contributed by atoms with Crippen LogP contribution in [0.15, 0.2) is 29.1 Å². The highest BCUT2D eigenvalue weighted by atomic mass is 19.1. The topological polar surface area (TPSA) is 63.0 Å². The molecule has 104 valence electrons. The number of aryl methyl sites for hydroxylation is 1. The fourth-order valence-corrected chi connectivity index (χ4v) is 2.49. The van der Waals surface area contributed by atoms with Gasteiger partial charge >= 0.3 is 0 Å². The van der Waals surface area contributed by atoms with Crippen LogP contribution in [0.3, 0.4) is 0 Å². The Kier molecular flexibility index (Phi) is 2.50. The Bertz CT molecular complexity index is 1010. The van der Waals surface area contributed by atoms with E-state index in [2.05, 4.69) is 15.1 Å². The maximum Gasteiger partial charge on any atom is 0.276 e. The summed E-state index contributed by atoms with van der Waals surface area (Å²) in [6.07, 6.45) is 5.44. The molecule has 2 aromatic heterocycles. The van der Waals surface area contributed by atoms with Gasteiger partial charge in [0.15, 0.2) is 0 Å². The van der Waals surface area contributed by atoms with Gasteiger partial charge in [0, 0.05) is 0 Å². The zero-order valence-corrected chi connectivity index (χ0v) is 11.0. The van der Waals surface area contributed by atoms with Crippen molar-refractivity contribution >= 4 is 17.9 Å². The first kappa shape index (κ1) is 12.0. The number of aromatic amines is 1. The van der Waals surface area contributed by atoms with E-state index in [9.17, 15) is 9.18 Å². The van der Waals surface area contributed by atoms with Gasteiger partial charge in [-0.2, -0.15) is 9.61 Å². The number of nitrogens with one attached hydrogen (secondary N) is 1. The van der Waals surface area contributed by atoms with Crippen LogP contribution in [0.4, 0.5) is 4.39 Å². The molecule has 0 fully saturated rings. The molecule has 1 N–H and O–H groups in total. The number of fused-ring (bicyclic) bond motifs is 2. The number of imidazole rings is 1. The van der Waals surface area contributed by atoms with E-state index in [1.54, 1.807) is 18.2 Å². The zero-order chi connectivity index (χ0) is 14.4. The summed E-state index contributed by atoms with van der Waals surface area (Å²) in [7, 11) is 0. The van der Waals surface area contributed by atoms with Crippen molar-refractivity contribution in [1.82, 2.24) is 19.6 Å². The van der Waals surface area contributed by atoms with E-state index in [0.717, 1.165) is 29.4 Å². The summed E-state index contributed by atoms with van der Waals surface area (Å²) in [5, 5.41) is 5.70. The van der Waals surface area contributed by atoms with Crippen LogP contribution in [0.25, 0.3) is 17.9 Å². The molecule has 6 heteroatoms. The van der Waals surface area contributed by atoms with Crippen molar-refractivity contribution in [1.29, 1.82) is 0 Å². The lowest BCUT2D eigenvalue weighted by Crippen LogP contribution is -2.28. The molecule has 0 radical (unpaired) electrons. The molecule has 2 heterocycles. The van der Waals surface area contributed by atoms with Crippen LogP contribution in [0.2, 0.25) is 0 Å². The summed E-state index contributed by atoms with van der Waals surface area (Å²) < 4.78 is 14.5. The maximum atomic E-state index is 12.9. The van der Waals surface area contributed by atoms with Gasteiger partial charge in [0.2, 0.25) is 5.78 Å². The Morgan fingerprint density at radius 2 is 2.10 bits per heavy atom. The summed E-state index contributed by atoms with van der Waals surface area (Å²) in [6.45, 7) is 0. The second-order valence-corrected chi connectivity index (χ2v) is 4.96. The Morgan fingerprint density at radius 1 is 1.29 bits per heavy atom. The van der Waals surface area contributed by atoms with Crippen LogP contribution in [0, 0.1) is 5.82 Å². The number of hydrogen-bond acceptors (Lipinski definition) is 3. The zero-order valence-electron chi connectivity index (χ0n) is 11.0. The number of halogens is 1. The highest BCUT2D eigenvalue weighted by Crippen LogP contribution is 2.03. The van der Waals surface area contributed by atoms with Gasteiger partial charge in [-0.25, -0.2) is 9.37 Å². The second-order valence-electron chi connectivity index (χ2n) is 4.96. The third-order valence-corrected chi connectivity index (χ3v) is 3.52. The molecule has 1 aromatic carbocycles. The molecule has 0 amide bonds. The average Bonchev–Trinajstić information content (AvgIpc) is 3.03. The van der Waals surface area contributed by atoms with Crippen molar-refractivity contribution in [2.75, 3.05) is 0 Å². The number of benzene rings is 1. The van der Waals surface area contributed by atoms with E-state index in [4.69, 9.17) is 0 Å². The van der Waals surface area contributed by atoms with Crippen LogP contribution in [-0.2, 0) is 6.42 Å². The predicted molar refractivity (Wildman–Crippen MR) is 75.6 cm³/mol. The van der Waals surface area contributed by atoms with Gasteiger partial charge in [-0.1, -0.05) is 18.2 Å². The molecule has 1 aliphatic rings. The molecule has 0 atom stereocenters. The number of nitrogens with zero attached hydrogens (tertiary/aromatic N) is 3. The molecule has 3 aromatic rings. The lowest BCUT2D eigenvalue weighted by atomic mass is 10.2. The first-order valence-corrected chi connectivity index (χ1v) is 6.66. The van der Waals surface area contributed by atoms with Crippen LogP contribution < -0.4 is 16.3 Å². The van der Waals surface area contributed by atoms with E-state index in [-0.39, 0.29) is 11.4 Å². The SMILES string of the molecule is O=c1[nH]c2nc3c(nn2/c1=C\c1ccc(F)cc1)CCC=3. The van der Waals surface area contributed by atoms with Gasteiger partial charge in [0.05, 0.1) is 11.0 Å². The number of hydrogen-bond donors (Lipinski definition) is 1. The van der Waals surface area contributed by atoms with Gasteiger partial charge < -0.3 is 0 Å². The van der Waals surface area contributed by atoms with E-state index in [0.29, 0.717) is 11.1 Å². The Morgan fingerprint density at radius 3 is 2.90 bits per heavy atom. The summed E-state index contributed by atoms with van der Waals surface area (Å²) in [6, 6.07) is 5.94. The van der Waals surface area contributed by atoms with Crippen molar-refractivity contribution in [2.24, 2.45) is 0 Å². The minimum absolute atomic E-state index is 0.261. The summed E-state index contributed by atoms with van der Waals surface area (Å²) in [5.74, 6) is 0.111. The average molecular weight is 282 g/mol.